The smallest absolute Gasteiger partial charge is 0.306 e. The van der Waals surface area contributed by atoms with Crippen molar-refractivity contribution in [1.29, 1.82) is 0 Å². The van der Waals surface area contributed by atoms with Crippen molar-refractivity contribution in [2.75, 3.05) is 33.0 Å². The van der Waals surface area contributed by atoms with Gasteiger partial charge < -0.3 is 64.2 Å². The van der Waals surface area contributed by atoms with E-state index in [4.69, 9.17) is 28.4 Å². The molecule has 11 unspecified atom stereocenters. The normalized spacial score (nSPS) is 24.1. The lowest BCUT2D eigenvalue weighted by Crippen LogP contribution is -2.61. The van der Waals surface area contributed by atoms with Gasteiger partial charge in [0.2, 0.25) is 0 Å². The number of ether oxygens (including phenoxy) is 6. The number of rotatable bonds is 54. The zero-order chi connectivity index (χ0) is 58.6. The van der Waals surface area contributed by atoms with Crippen molar-refractivity contribution in [1.82, 2.24) is 0 Å². The molecule has 11 atom stereocenters. The lowest BCUT2D eigenvalue weighted by Gasteiger charge is -2.42. The molecule has 0 aliphatic carbocycles. The highest BCUT2D eigenvalue weighted by molar-refractivity contribution is 5.69. The molecule has 2 aliphatic heterocycles. The second-order valence-corrected chi connectivity index (χ2v) is 22.9. The third kappa shape index (κ3) is 39.1. The van der Waals surface area contributed by atoms with Gasteiger partial charge in [-0.3, -0.25) is 4.79 Å². The van der Waals surface area contributed by atoms with E-state index in [1.807, 2.05) is 0 Å². The highest BCUT2D eigenvalue weighted by Crippen LogP contribution is 2.27. The van der Waals surface area contributed by atoms with Crippen LogP contribution in [0.1, 0.15) is 258 Å². The SMILES string of the molecule is CCCCCCC/C=C\C/C=C\C/C=C\CCCCCCCCC(=O)OC(COCCCCCCCCCCCCCCCC/C=C\C/C=C\CCCCCCC)COC1OC(COC2OC(CO)C(O)C(O)C2O)C(O)C(O)C1O. The summed E-state index contributed by atoms with van der Waals surface area (Å²) in [6.45, 7) is 3.68. The van der Waals surface area contributed by atoms with Crippen LogP contribution < -0.4 is 0 Å². The molecule has 0 radical (unpaired) electrons. The zero-order valence-electron chi connectivity index (χ0n) is 51.0. The summed E-state index contributed by atoms with van der Waals surface area (Å²) >= 11 is 0. The van der Waals surface area contributed by atoms with Gasteiger partial charge in [-0.25, -0.2) is 0 Å². The van der Waals surface area contributed by atoms with Gasteiger partial charge in [0.05, 0.1) is 26.4 Å². The average molecular weight is 1150 g/mol. The molecule has 2 heterocycles. The number of aliphatic hydroxyl groups is 7. The van der Waals surface area contributed by atoms with Gasteiger partial charge >= 0.3 is 5.97 Å². The standard InChI is InChI=1S/C67H120O14/c1-3-5-7-9-11-13-15-17-19-21-23-25-26-27-28-29-31-33-35-37-39-41-43-45-47-49-51-76-53-56(54-77-66-65(75)63(73)61(71)58(81-66)55-78-67-64(74)62(72)60(70)57(52-68)80-67)79-59(69)50-48-46-44-42-40-38-36-34-32-30-24-22-20-18-16-14-12-10-8-6-4-2/h15-18,21-24,32,34,56-58,60-68,70-75H,3-14,19-20,25-31,33,35-55H2,1-2H3/b17-15-,18-16-,23-21-,24-22-,34-32-. The van der Waals surface area contributed by atoms with Crippen molar-refractivity contribution in [2.45, 2.75) is 325 Å². The highest BCUT2D eigenvalue weighted by atomic mass is 16.7. The fourth-order valence-corrected chi connectivity index (χ4v) is 10.2. The van der Waals surface area contributed by atoms with Crippen LogP contribution >= 0.6 is 0 Å². The van der Waals surface area contributed by atoms with Gasteiger partial charge in [-0.2, -0.15) is 0 Å². The Morgan fingerprint density at radius 3 is 1.20 bits per heavy atom. The lowest BCUT2D eigenvalue weighted by molar-refractivity contribution is -0.332. The third-order valence-electron chi connectivity index (χ3n) is 15.5. The molecule has 0 spiro atoms. The second kappa shape index (κ2) is 53.2. The van der Waals surface area contributed by atoms with E-state index in [1.54, 1.807) is 0 Å². The van der Waals surface area contributed by atoms with E-state index >= 15 is 0 Å². The first-order valence-corrected chi connectivity index (χ1v) is 32.9. The maximum atomic E-state index is 13.1. The molecule has 14 nitrogen and oxygen atoms in total. The van der Waals surface area contributed by atoms with Crippen LogP contribution in [0.2, 0.25) is 0 Å². The molecule has 2 saturated heterocycles. The van der Waals surface area contributed by atoms with Gasteiger partial charge in [-0.1, -0.05) is 229 Å². The number of hydrogen-bond acceptors (Lipinski definition) is 14. The minimum atomic E-state index is -1.71. The molecule has 81 heavy (non-hydrogen) atoms. The fraction of sp³-hybridized carbons (Fsp3) is 0.836. The number of allylic oxidation sites excluding steroid dienone is 10. The van der Waals surface area contributed by atoms with Crippen LogP contribution in [0.5, 0.6) is 0 Å². The average Bonchev–Trinajstić information content (AvgIpc) is 3.46. The van der Waals surface area contributed by atoms with E-state index in [0.29, 0.717) is 13.0 Å². The summed E-state index contributed by atoms with van der Waals surface area (Å²) in [6, 6.07) is 0. The Bertz CT molecular complexity index is 1570. The molecule has 0 aromatic carbocycles. The summed E-state index contributed by atoms with van der Waals surface area (Å²) in [7, 11) is 0. The Labute approximate surface area is 492 Å². The Morgan fingerprint density at radius 1 is 0.407 bits per heavy atom. The molecule has 0 bridgehead atoms. The molecule has 2 fully saturated rings. The van der Waals surface area contributed by atoms with Crippen LogP contribution in [-0.2, 0) is 33.2 Å². The van der Waals surface area contributed by atoms with Crippen LogP contribution in [-0.4, -0.2) is 142 Å². The van der Waals surface area contributed by atoms with E-state index in [2.05, 4.69) is 74.6 Å². The van der Waals surface area contributed by atoms with Gasteiger partial charge in [-0.15, -0.1) is 0 Å². The molecule has 0 aromatic heterocycles. The molecule has 0 saturated carbocycles. The fourth-order valence-electron chi connectivity index (χ4n) is 10.2. The minimum absolute atomic E-state index is 0.0551. The van der Waals surface area contributed by atoms with Crippen LogP contribution in [0.3, 0.4) is 0 Å². The number of hydrogen-bond donors (Lipinski definition) is 7. The summed E-state index contributed by atoms with van der Waals surface area (Å²) in [4.78, 5) is 13.1. The third-order valence-corrected chi connectivity index (χ3v) is 15.5. The van der Waals surface area contributed by atoms with Gasteiger partial charge in [-0.05, 0) is 83.5 Å². The molecule has 0 aromatic rings. The van der Waals surface area contributed by atoms with Crippen LogP contribution in [0.4, 0.5) is 0 Å². The first-order valence-electron chi connectivity index (χ1n) is 32.9. The van der Waals surface area contributed by atoms with Crippen molar-refractivity contribution < 1.29 is 69.0 Å². The largest absolute Gasteiger partial charge is 0.457 e. The predicted octanol–water partition coefficient (Wildman–Crippen LogP) is 13.2. The topological polar surface area (TPSA) is 214 Å². The zero-order valence-corrected chi connectivity index (χ0v) is 51.0. The summed E-state index contributed by atoms with van der Waals surface area (Å²) in [6.07, 6.45) is 51.4. The summed E-state index contributed by atoms with van der Waals surface area (Å²) in [5.41, 5.74) is 0. The van der Waals surface area contributed by atoms with Crippen molar-refractivity contribution in [3.63, 3.8) is 0 Å². The minimum Gasteiger partial charge on any atom is -0.457 e. The van der Waals surface area contributed by atoms with Crippen LogP contribution in [0.15, 0.2) is 60.8 Å². The highest BCUT2D eigenvalue weighted by Gasteiger charge is 2.47. The first kappa shape index (κ1) is 74.8. The lowest BCUT2D eigenvalue weighted by atomic mass is 9.98. The number of carbonyl (C=O) groups excluding carboxylic acids is 1. The second-order valence-electron chi connectivity index (χ2n) is 22.9. The molecular formula is C67H120O14. The van der Waals surface area contributed by atoms with E-state index in [-0.39, 0.29) is 25.6 Å². The number of unbranched alkanes of at least 4 members (excludes halogenated alkanes) is 30. The molecule has 0 amide bonds. The molecule has 14 heteroatoms. The van der Waals surface area contributed by atoms with E-state index in [0.717, 1.165) is 77.0 Å². The van der Waals surface area contributed by atoms with E-state index < -0.39 is 80.7 Å². The van der Waals surface area contributed by atoms with Gasteiger partial charge in [0, 0.05) is 13.0 Å². The molecule has 472 valence electrons. The molecular weight excluding hydrogens is 1030 g/mol. The molecule has 2 rings (SSSR count). The Kier molecular flexibility index (Phi) is 49.1. The quantitative estimate of drug-likeness (QED) is 0.0172. The van der Waals surface area contributed by atoms with Gasteiger partial charge in [0.1, 0.15) is 54.9 Å². The Hall–Kier alpha value is -2.31. The maximum absolute atomic E-state index is 13.1. The van der Waals surface area contributed by atoms with E-state index in [1.165, 1.54) is 154 Å². The number of esters is 1. The molecule has 2 aliphatic rings. The predicted molar refractivity (Wildman–Crippen MR) is 326 cm³/mol. The van der Waals surface area contributed by atoms with Crippen molar-refractivity contribution in [3.8, 4) is 0 Å². The summed E-state index contributed by atoms with van der Waals surface area (Å²) in [5.74, 6) is -0.386. The van der Waals surface area contributed by atoms with Crippen LogP contribution in [0.25, 0.3) is 0 Å². The maximum Gasteiger partial charge on any atom is 0.306 e. The van der Waals surface area contributed by atoms with Crippen molar-refractivity contribution in [2.24, 2.45) is 0 Å². The number of aliphatic hydroxyl groups excluding tert-OH is 7. The number of carbonyl (C=O) groups is 1. The first-order chi connectivity index (χ1) is 39.6. The van der Waals surface area contributed by atoms with Crippen molar-refractivity contribution >= 4 is 5.97 Å². The monoisotopic (exact) mass is 1150 g/mol. The summed E-state index contributed by atoms with van der Waals surface area (Å²) < 4.78 is 34.5. The summed E-state index contributed by atoms with van der Waals surface area (Å²) in [5, 5.41) is 72.5. The molecule has 7 N–H and O–H groups in total. The van der Waals surface area contributed by atoms with Crippen LogP contribution in [0, 0.1) is 0 Å². The van der Waals surface area contributed by atoms with E-state index in [9.17, 15) is 40.5 Å². The Balaban J connectivity index is 1.67. The van der Waals surface area contributed by atoms with Crippen molar-refractivity contribution in [3.05, 3.63) is 60.8 Å². The van der Waals surface area contributed by atoms with Gasteiger partial charge in [0.15, 0.2) is 12.6 Å². The Morgan fingerprint density at radius 2 is 0.765 bits per heavy atom. The van der Waals surface area contributed by atoms with Gasteiger partial charge in [0.25, 0.3) is 0 Å².